The van der Waals surface area contributed by atoms with Gasteiger partial charge in [0.2, 0.25) is 0 Å². The zero-order valence-electron chi connectivity index (χ0n) is 10.0. The topological polar surface area (TPSA) is 22.0 Å². The van der Waals surface area contributed by atoms with Crippen molar-refractivity contribution in [3.63, 3.8) is 0 Å². The lowest BCUT2D eigenvalue weighted by Gasteiger charge is -2.08. The minimum atomic E-state index is 0.0479. The van der Waals surface area contributed by atoms with Gasteiger partial charge in [-0.25, -0.2) is 0 Å². The third-order valence-electron chi connectivity index (χ3n) is 2.69. The van der Waals surface area contributed by atoms with Crippen molar-refractivity contribution in [1.29, 1.82) is 0 Å². The van der Waals surface area contributed by atoms with Crippen LogP contribution in [0.2, 0.25) is 0 Å². The van der Waals surface area contributed by atoms with Gasteiger partial charge < -0.3 is 4.57 Å². The van der Waals surface area contributed by atoms with Crippen molar-refractivity contribution in [3.8, 4) is 0 Å². The van der Waals surface area contributed by atoms with Crippen LogP contribution in [0.5, 0.6) is 0 Å². The molecule has 0 aliphatic rings. The van der Waals surface area contributed by atoms with E-state index in [0.717, 1.165) is 21.6 Å². The average Bonchev–Trinajstić information content (AvgIpc) is 2.36. The van der Waals surface area contributed by atoms with Crippen molar-refractivity contribution in [1.82, 2.24) is 4.57 Å². The fourth-order valence-corrected chi connectivity index (χ4v) is 2.71. The van der Waals surface area contributed by atoms with E-state index in [1.807, 2.05) is 38.2 Å². The number of para-hydroxylation sites is 1. The first-order valence-electron chi connectivity index (χ1n) is 5.56. The molecular weight excluding hydrogens is 230 g/mol. The lowest BCUT2D eigenvalue weighted by atomic mass is 10.2. The molecule has 2 nitrogen and oxygen atoms in total. The highest BCUT2D eigenvalue weighted by Crippen LogP contribution is 2.25. The van der Waals surface area contributed by atoms with Gasteiger partial charge in [-0.1, -0.05) is 30.4 Å². The molecule has 0 amide bonds. The predicted molar refractivity (Wildman–Crippen MR) is 74.7 cm³/mol. The van der Waals surface area contributed by atoms with Gasteiger partial charge in [-0.05, 0) is 13.0 Å². The molecule has 0 atom stereocenters. The van der Waals surface area contributed by atoms with E-state index in [1.54, 1.807) is 22.4 Å². The summed E-state index contributed by atoms with van der Waals surface area (Å²) in [5, 5.41) is 1.14. The number of hydrogen-bond donors (Lipinski definition) is 0. The van der Waals surface area contributed by atoms with E-state index in [-0.39, 0.29) is 5.56 Å². The van der Waals surface area contributed by atoms with Crippen LogP contribution in [0.4, 0.5) is 0 Å². The summed E-state index contributed by atoms with van der Waals surface area (Å²) in [5.41, 5.74) is 1.04. The average molecular weight is 245 g/mol. The second-order valence-corrected chi connectivity index (χ2v) is 4.86. The van der Waals surface area contributed by atoms with E-state index in [4.69, 9.17) is 0 Å². The van der Waals surface area contributed by atoms with Crippen molar-refractivity contribution in [3.05, 3.63) is 52.8 Å². The van der Waals surface area contributed by atoms with Gasteiger partial charge in [-0.3, -0.25) is 4.79 Å². The molecule has 1 heterocycles. The number of thioether (sulfide) groups is 1. The quantitative estimate of drug-likeness (QED) is 0.612. The number of aryl methyl sites for hydroxylation is 1. The maximum Gasteiger partial charge on any atom is 0.251 e. The lowest BCUT2D eigenvalue weighted by molar-refractivity contribution is 0.898. The van der Waals surface area contributed by atoms with Crippen LogP contribution < -0.4 is 5.56 Å². The molecule has 1 aromatic carbocycles. The van der Waals surface area contributed by atoms with Crippen LogP contribution in [-0.2, 0) is 7.05 Å². The van der Waals surface area contributed by atoms with Gasteiger partial charge in [0.15, 0.2) is 0 Å². The molecule has 17 heavy (non-hydrogen) atoms. The molecule has 3 heteroatoms. The zero-order chi connectivity index (χ0) is 12.3. The molecule has 0 fully saturated rings. The van der Waals surface area contributed by atoms with Crippen LogP contribution in [0, 0.1) is 0 Å². The summed E-state index contributed by atoms with van der Waals surface area (Å²) < 4.78 is 1.69. The number of allylic oxidation sites excluding steroid dienone is 1. The Morgan fingerprint density at radius 1 is 1.35 bits per heavy atom. The Morgan fingerprint density at radius 2 is 2.12 bits per heavy atom. The highest BCUT2D eigenvalue weighted by Gasteiger charge is 2.05. The second kappa shape index (κ2) is 5.23. The first-order chi connectivity index (χ1) is 8.24. The summed E-state index contributed by atoms with van der Waals surface area (Å²) in [4.78, 5) is 12.9. The molecule has 0 saturated heterocycles. The molecule has 2 aromatic rings. The lowest BCUT2D eigenvalue weighted by Crippen LogP contribution is -2.16. The van der Waals surface area contributed by atoms with Gasteiger partial charge in [-0.2, -0.15) is 0 Å². The molecule has 0 radical (unpaired) electrons. The molecule has 88 valence electrons. The first-order valence-corrected chi connectivity index (χ1v) is 6.55. The third-order valence-corrected chi connectivity index (χ3v) is 3.69. The normalized spacial score (nSPS) is 11.4. The molecule has 0 N–H and O–H groups in total. The Morgan fingerprint density at radius 3 is 2.88 bits per heavy atom. The summed E-state index contributed by atoms with van der Waals surface area (Å²) in [7, 11) is 1.81. The number of hydrogen-bond acceptors (Lipinski definition) is 2. The third kappa shape index (κ3) is 2.44. The SMILES string of the molecule is C/C=C\CSc1cc(=O)n(C)c2ccccc12. The standard InChI is InChI=1S/C14H15NOS/c1-3-4-9-17-13-10-14(16)15(2)12-8-6-5-7-11(12)13/h3-8,10H,9H2,1-2H3/b4-3-. The smallest absolute Gasteiger partial charge is 0.251 e. The number of nitrogens with zero attached hydrogens (tertiary/aromatic N) is 1. The number of pyridine rings is 1. The summed E-state index contributed by atoms with van der Waals surface area (Å²) >= 11 is 1.70. The highest BCUT2D eigenvalue weighted by molar-refractivity contribution is 7.99. The van der Waals surface area contributed by atoms with E-state index in [1.165, 1.54) is 0 Å². The highest BCUT2D eigenvalue weighted by atomic mass is 32.2. The first kappa shape index (κ1) is 12.0. The molecule has 1 aromatic heterocycles. The summed E-state index contributed by atoms with van der Waals surface area (Å²) in [6, 6.07) is 9.73. The Bertz CT molecular complexity index is 613. The van der Waals surface area contributed by atoms with Crippen LogP contribution in [-0.4, -0.2) is 10.3 Å². The van der Waals surface area contributed by atoms with Gasteiger partial charge in [0.05, 0.1) is 5.52 Å². The monoisotopic (exact) mass is 245 g/mol. The van der Waals surface area contributed by atoms with Gasteiger partial charge >= 0.3 is 0 Å². The van der Waals surface area contributed by atoms with Crippen molar-refractivity contribution in [2.45, 2.75) is 11.8 Å². The second-order valence-electron chi connectivity index (χ2n) is 3.80. The van der Waals surface area contributed by atoms with Crippen molar-refractivity contribution < 1.29 is 0 Å². The van der Waals surface area contributed by atoms with Crippen molar-refractivity contribution >= 4 is 22.7 Å². The summed E-state index contributed by atoms with van der Waals surface area (Å²) in [5.74, 6) is 0.896. The van der Waals surface area contributed by atoms with Gasteiger partial charge in [-0.15, -0.1) is 11.8 Å². The van der Waals surface area contributed by atoms with Gasteiger partial charge in [0.25, 0.3) is 5.56 Å². The summed E-state index contributed by atoms with van der Waals surface area (Å²) in [6.07, 6.45) is 4.12. The van der Waals surface area contributed by atoms with Crippen LogP contribution in [0.15, 0.2) is 52.2 Å². The van der Waals surface area contributed by atoms with Gasteiger partial charge in [0, 0.05) is 29.1 Å². The van der Waals surface area contributed by atoms with Gasteiger partial charge in [0.1, 0.15) is 0 Å². The molecule has 0 saturated carbocycles. The Kier molecular flexibility index (Phi) is 3.69. The molecule has 2 rings (SSSR count). The van der Waals surface area contributed by atoms with Crippen LogP contribution in [0.1, 0.15) is 6.92 Å². The Hall–Kier alpha value is -1.48. The maximum atomic E-state index is 11.8. The van der Waals surface area contributed by atoms with E-state index in [9.17, 15) is 4.79 Å². The van der Waals surface area contributed by atoms with E-state index < -0.39 is 0 Å². The van der Waals surface area contributed by atoms with Crippen LogP contribution >= 0.6 is 11.8 Å². The zero-order valence-corrected chi connectivity index (χ0v) is 10.8. The summed E-state index contributed by atoms with van der Waals surface area (Å²) in [6.45, 7) is 2.00. The molecule has 0 unspecified atom stereocenters. The fraction of sp³-hybridized carbons (Fsp3) is 0.214. The van der Waals surface area contributed by atoms with Crippen molar-refractivity contribution in [2.24, 2.45) is 7.05 Å². The molecule has 0 bridgehead atoms. The minimum Gasteiger partial charge on any atom is -0.311 e. The number of benzene rings is 1. The van der Waals surface area contributed by atoms with Crippen LogP contribution in [0.25, 0.3) is 10.9 Å². The Labute approximate surface area is 105 Å². The minimum absolute atomic E-state index is 0.0479. The fourth-order valence-electron chi connectivity index (χ4n) is 1.73. The van der Waals surface area contributed by atoms with E-state index in [0.29, 0.717) is 0 Å². The van der Waals surface area contributed by atoms with E-state index in [2.05, 4.69) is 12.1 Å². The van der Waals surface area contributed by atoms with Crippen molar-refractivity contribution in [2.75, 3.05) is 5.75 Å². The molecule has 0 aliphatic carbocycles. The number of rotatable bonds is 3. The molecule has 0 aliphatic heterocycles. The molecule has 0 spiro atoms. The largest absolute Gasteiger partial charge is 0.311 e. The number of aromatic nitrogens is 1. The van der Waals surface area contributed by atoms with E-state index >= 15 is 0 Å². The predicted octanol–water partition coefficient (Wildman–Crippen LogP) is 3.21. The van der Waals surface area contributed by atoms with Crippen LogP contribution in [0.3, 0.4) is 0 Å². The molecular formula is C14H15NOS. The maximum absolute atomic E-state index is 11.8. The Balaban J connectivity index is 2.55. The number of fused-ring (bicyclic) bond motifs is 1.